The van der Waals surface area contributed by atoms with E-state index in [9.17, 15) is 9.59 Å². The van der Waals surface area contributed by atoms with Gasteiger partial charge in [0.25, 0.3) is 0 Å². The Bertz CT molecular complexity index is 566. The molecule has 0 aromatic heterocycles. The van der Waals surface area contributed by atoms with E-state index in [0.717, 1.165) is 38.8 Å². The SMILES string of the molecule is CCCCCCCCCCOC(=O)C(C)[N+](C)(C)CC[N+](C)(C)C(C)C(=O)OCCCCCCCCCC.[Br-].[Br-]. The van der Waals surface area contributed by atoms with Gasteiger partial charge in [-0.2, -0.15) is 0 Å². The number of unbranched alkanes of at least 4 members (excludes halogenated alkanes) is 14. The summed E-state index contributed by atoms with van der Waals surface area (Å²) in [5, 5.41) is 0. The van der Waals surface area contributed by atoms with Gasteiger partial charge in [-0.05, 0) is 26.7 Å². The fourth-order valence-corrected chi connectivity index (χ4v) is 4.53. The number of hydrogen-bond acceptors (Lipinski definition) is 4. The monoisotopic (exact) mass is 700 g/mol. The van der Waals surface area contributed by atoms with Crippen LogP contribution in [0.1, 0.15) is 130 Å². The average Bonchev–Trinajstić information content (AvgIpc) is 2.89. The molecule has 2 unspecified atom stereocenters. The van der Waals surface area contributed by atoms with Crippen LogP contribution in [0.25, 0.3) is 0 Å². The molecule has 0 aliphatic rings. The Morgan fingerprint density at radius 3 is 1.02 bits per heavy atom. The summed E-state index contributed by atoms with van der Waals surface area (Å²) in [6.07, 6.45) is 19.7. The molecule has 6 nitrogen and oxygen atoms in total. The second-order valence-electron chi connectivity index (χ2n) is 12.6. The van der Waals surface area contributed by atoms with E-state index < -0.39 is 0 Å². The Hall–Kier alpha value is -0.180. The summed E-state index contributed by atoms with van der Waals surface area (Å²) >= 11 is 0. The minimum Gasteiger partial charge on any atom is -1.00 e. The van der Waals surface area contributed by atoms with Crippen LogP contribution in [0.2, 0.25) is 0 Å². The topological polar surface area (TPSA) is 52.6 Å². The third-order valence-corrected chi connectivity index (χ3v) is 8.52. The predicted octanol–water partition coefficient (Wildman–Crippen LogP) is 1.29. The van der Waals surface area contributed by atoms with E-state index in [0.29, 0.717) is 22.2 Å². The summed E-state index contributed by atoms with van der Waals surface area (Å²) in [6.45, 7) is 11.0. The number of ether oxygens (including phenoxy) is 2. The molecule has 40 heavy (non-hydrogen) atoms. The third-order valence-electron chi connectivity index (χ3n) is 8.52. The molecule has 0 aliphatic carbocycles. The molecule has 242 valence electrons. The van der Waals surface area contributed by atoms with Gasteiger partial charge in [-0.15, -0.1) is 0 Å². The van der Waals surface area contributed by atoms with Crippen molar-refractivity contribution in [3.63, 3.8) is 0 Å². The second-order valence-corrected chi connectivity index (χ2v) is 12.6. The molecule has 0 bridgehead atoms. The maximum absolute atomic E-state index is 12.7. The van der Waals surface area contributed by atoms with Crippen LogP contribution in [-0.4, -0.2) is 87.5 Å². The fourth-order valence-electron chi connectivity index (χ4n) is 4.53. The van der Waals surface area contributed by atoms with E-state index in [1.165, 1.54) is 77.0 Å². The highest BCUT2D eigenvalue weighted by molar-refractivity contribution is 5.74. The smallest absolute Gasteiger partial charge is 0.364 e. The van der Waals surface area contributed by atoms with Crippen molar-refractivity contribution in [3.05, 3.63) is 0 Å². The second kappa shape index (κ2) is 26.4. The van der Waals surface area contributed by atoms with Crippen LogP contribution < -0.4 is 34.0 Å². The van der Waals surface area contributed by atoms with Crippen LogP contribution in [0.15, 0.2) is 0 Å². The number of quaternary nitrogens is 2. The molecule has 2 atom stereocenters. The molecule has 0 aromatic carbocycles. The first kappa shape index (κ1) is 44.3. The lowest BCUT2D eigenvalue weighted by Crippen LogP contribution is -3.00. The van der Waals surface area contributed by atoms with E-state index >= 15 is 0 Å². The van der Waals surface area contributed by atoms with E-state index in [-0.39, 0.29) is 58.0 Å². The summed E-state index contributed by atoms with van der Waals surface area (Å²) < 4.78 is 12.3. The number of carbonyl (C=O) groups excluding carboxylic acids is 2. The molecular weight excluding hydrogens is 636 g/mol. The van der Waals surface area contributed by atoms with Gasteiger partial charge < -0.3 is 52.4 Å². The number of rotatable bonds is 25. The van der Waals surface area contributed by atoms with Crippen LogP contribution in [0.5, 0.6) is 0 Å². The number of esters is 2. The molecule has 0 saturated heterocycles. The quantitative estimate of drug-likeness (QED) is 0.0819. The van der Waals surface area contributed by atoms with Crippen molar-refractivity contribution in [1.82, 2.24) is 0 Å². The Morgan fingerprint density at radius 1 is 0.500 bits per heavy atom. The van der Waals surface area contributed by atoms with Crippen molar-refractivity contribution < 1.29 is 62.0 Å². The zero-order valence-corrected chi connectivity index (χ0v) is 30.8. The van der Waals surface area contributed by atoms with Gasteiger partial charge in [-0.25, -0.2) is 9.59 Å². The Kier molecular flexibility index (Phi) is 29.3. The molecule has 0 amide bonds. The average molecular weight is 703 g/mol. The van der Waals surface area contributed by atoms with Gasteiger partial charge in [0.15, 0.2) is 12.1 Å². The minimum atomic E-state index is -0.242. The Labute approximate surface area is 270 Å². The summed E-state index contributed by atoms with van der Waals surface area (Å²) in [6, 6.07) is -0.485. The van der Waals surface area contributed by atoms with Crippen LogP contribution in [-0.2, 0) is 19.1 Å². The van der Waals surface area contributed by atoms with Crippen molar-refractivity contribution >= 4 is 11.9 Å². The molecule has 0 N–H and O–H groups in total. The first-order valence-electron chi connectivity index (χ1n) is 16.0. The lowest BCUT2D eigenvalue weighted by Gasteiger charge is -2.40. The van der Waals surface area contributed by atoms with Gasteiger partial charge in [0.05, 0.1) is 41.4 Å². The van der Waals surface area contributed by atoms with Crippen LogP contribution in [0, 0.1) is 0 Å². The highest BCUT2D eigenvalue weighted by atomic mass is 79.9. The summed E-state index contributed by atoms with van der Waals surface area (Å²) in [4.78, 5) is 25.4. The van der Waals surface area contributed by atoms with Crippen LogP contribution in [0.3, 0.4) is 0 Å². The Morgan fingerprint density at radius 2 is 0.750 bits per heavy atom. The van der Waals surface area contributed by atoms with Crippen molar-refractivity contribution in [1.29, 1.82) is 0 Å². The molecule has 0 saturated carbocycles. The van der Waals surface area contributed by atoms with Gasteiger partial charge in [0.1, 0.15) is 13.1 Å². The van der Waals surface area contributed by atoms with E-state index in [2.05, 4.69) is 42.0 Å². The third kappa shape index (κ3) is 21.5. The van der Waals surface area contributed by atoms with Gasteiger partial charge >= 0.3 is 11.9 Å². The molecular formula is C32H66Br2N2O4. The zero-order valence-electron chi connectivity index (χ0n) is 27.6. The summed E-state index contributed by atoms with van der Waals surface area (Å²) in [7, 11) is 8.31. The normalized spacial score (nSPS) is 13.1. The van der Waals surface area contributed by atoms with Crippen LogP contribution >= 0.6 is 0 Å². The first-order chi connectivity index (χ1) is 18.0. The van der Waals surface area contributed by atoms with Gasteiger partial charge in [0.2, 0.25) is 0 Å². The number of halogens is 2. The number of hydrogen-bond donors (Lipinski definition) is 0. The molecule has 0 spiro atoms. The minimum absolute atomic E-state index is 0. The predicted molar refractivity (Wildman–Crippen MR) is 160 cm³/mol. The summed E-state index contributed by atoms with van der Waals surface area (Å²) in [5.74, 6) is -0.248. The van der Waals surface area contributed by atoms with Gasteiger partial charge in [-0.1, -0.05) is 104 Å². The number of nitrogens with zero attached hydrogens (tertiary/aromatic N) is 2. The molecule has 0 rings (SSSR count). The molecule has 0 fully saturated rings. The Balaban J connectivity index is -0.00000684. The highest BCUT2D eigenvalue weighted by Gasteiger charge is 2.37. The van der Waals surface area contributed by atoms with Crippen molar-refractivity contribution in [2.45, 2.75) is 143 Å². The molecule has 8 heteroatoms. The van der Waals surface area contributed by atoms with Crippen molar-refractivity contribution in [2.24, 2.45) is 0 Å². The van der Waals surface area contributed by atoms with E-state index in [4.69, 9.17) is 9.47 Å². The maximum atomic E-state index is 12.7. The van der Waals surface area contributed by atoms with E-state index in [1.54, 1.807) is 0 Å². The van der Waals surface area contributed by atoms with E-state index in [1.807, 2.05) is 13.8 Å². The standard InChI is InChI=1S/C32H66N2O4.2BrH/c1-9-11-13-15-17-19-21-23-27-37-31(35)29(3)33(5,6)25-26-34(7,8)30(4)32(36)38-28-24-22-20-18-16-14-12-10-2;;/h29-30H,9-28H2,1-8H3;2*1H/q+2;;/p-2. The van der Waals surface area contributed by atoms with Gasteiger partial charge in [0, 0.05) is 0 Å². The zero-order chi connectivity index (χ0) is 28.9. The highest BCUT2D eigenvalue weighted by Crippen LogP contribution is 2.15. The van der Waals surface area contributed by atoms with Crippen LogP contribution in [0.4, 0.5) is 0 Å². The largest absolute Gasteiger partial charge is 1.00 e. The lowest BCUT2D eigenvalue weighted by atomic mass is 10.1. The van der Waals surface area contributed by atoms with Crippen molar-refractivity contribution in [2.75, 3.05) is 54.5 Å². The van der Waals surface area contributed by atoms with Gasteiger partial charge in [-0.3, -0.25) is 0 Å². The molecule has 0 radical (unpaired) electrons. The molecule has 0 heterocycles. The number of carbonyl (C=O) groups is 2. The maximum Gasteiger partial charge on any atom is 0.364 e. The molecule has 0 aromatic rings. The fraction of sp³-hybridized carbons (Fsp3) is 0.938. The summed E-state index contributed by atoms with van der Waals surface area (Å²) in [5.41, 5.74) is 0. The number of likely N-dealkylation sites (N-methyl/N-ethyl adjacent to an activating group) is 2. The first-order valence-corrected chi connectivity index (χ1v) is 16.0. The molecule has 0 aliphatic heterocycles. The lowest BCUT2D eigenvalue weighted by molar-refractivity contribution is -0.959. The van der Waals surface area contributed by atoms with Crippen molar-refractivity contribution in [3.8, 4) is 0 Å².